The topological polar surface area (TPSA) is 30.5 Å². The highest BCUT2D eigenvalue weighted by molar-refractivity contribution is 7.10. The van der Waals surface area contributed by atoms with Gasteiger partial charge in [0.25, 0.3) is 0 Å². The summed E-state index contributed by atoms with van der Waals surface area (Å²) >= 11 is 1.77. The Morgan fingerprint density at radius 1 is 1.00 bits per heavy atom. The van der Waals surface area contributed by atoms with E-state index in [4.69, 9.17) is 9.47 Å². The summed E-state index contributed by atoms with van der Waals surface area (Å²) < 4.78 is 11.3. The number of rotatable bonds is 7. The Morgan fingerprint density at radius 2 is 1.75 bits per heavy atom. The summed E-state index contributed by atoms with van der Waals surface area (Å²) in [7, 11) is 1.96. The lowest BCUT2D eigenvalue weighted by molar-refractivity contribution is 0.288. The standard InChI is InChI=1S/C16H21NO2S/c1-4-18-15-7-6-12(9-16(15)19-5-2)13-8-14(10-17-3)20-11-13/h6-9,11,17H,4-5,10H2,1-3H3. The Labute approximate surface area is 124 Å². The van der Waals surface area contributed by atoms with Crippen molar-refractivity contribution in [1.29, 1.82) is 0 Å². The molecule has 0 amide bonds. The smallest absolute Gasteiger partial charge is 0.161 e. The van der Waals surface area contributed by atoms with Crippen LogP contribution in [-0.2, 0) is 6.54 Å². The minimum absolute atomic E-state index is 0.637. The van der Waals surface area contributed by atoms with Crippen molar-refractivity contribution >= 4 is 11.3 Å². The third-order valence-corrected chi connectivity index (χ3v) is 3.82. The average molecular weight is 291 g/mol. The van der Waals surface area contributed by atoms with Gasteiger partial charge in [-0.05, 0) is 55.6 Å². The van der Waals surface area contributed by atoms with Crippen molar-refractivity contribution in [1.82, 2.24) is 5.32 Å². The van der Waals surface area contributed by atoms with Gasteiger partial charge in [-0.1, -0.05) is 6.07 Å². The zero-order chi connectivity index (χ0) is 14.4. The van der Waals surface area contributed by atoms with E-state index in [0.717, 1.165) is 23.6 Å². The fourth-order valence-corrected chi connectivity index (χ4v) is 2.93. The molecule has 108 valence electrons. The average Bonchev–Trinajstić information content (AvgIpc) is 2.90. The van der Waals surface area contributed by atoms with E-state index in [-0.39, 0.29) is 0 Å². The van der Waals surface area contributed by atoms with Crippen LogP contribution < -0.4 is 14.8 Å². The van der Waals surface area contributed by atoms with Crippen LogP contribution in [0.3, 0.4) is 0 Å². The first-order chi connectivity index (χ1) is 9.78. The molecule has 1 heterocycles. The maximum Gasteiger partial charge on any atom is 0.161 e. The molecule has 2 aromatic rings. The molecule has 1 aromatic carbocycles. The van der Waals surface area contributed by atoms with Crippen LogP contribution in [0.25, 0.3) is 11.1 Å². The van der Waals surface area contributed by atoms with Gasteiger partial charge < -0.3 is 14.8 Å². The minimum atomic E-state index is 0.637. The van der Waals surface area contributed by atoms with Gasteiger partial charge in [-0.25, -0.2) is 0 Å². The second-order valence-corrected chi connectivity index (χ2v) is 5.36. The van der Waals surface area contributed by atoms with E-state index in [1.165, 1.54) is 10.4 Å². The summed E-state index contributed by atoms with van der Waals surface area (Å²) in [5.41, 5.74) is 2.39. The van der Waals surface area contributed by atoms with Crippen LogP contribution in [0.4, 0.5) is 0 Å². The summed E-state index contributed by atoms with van der Waals surface area (Å²) in [6.07, 6.45) is 0. The summed E-state index contributed by atoms with van der Waals surface area (Å²) in [5, 5.41) is 5.35. The van der Waals surface area contributed by atoms with Gasteiger partial charge in [0.2, 0.25) is 0 Å². The lowest BCUT2D eigenvalue weighted by atomic mass is 10.1. The largest absolute Gasteiger partial charge is 0.490 e. The van der Waals surface area contributed by atoms with Crippen LogP contribution >= 0.6 is 11.3 Å². The van der Waals surface area contributed by atoms with E-state index >= 15 is 0 Å². The Bertz CT molecular complexity index is 551. The monoisotopic (exact) mass is 291 g/mol. The maximum atomic E-state index is 5.67. The zero-order valence-corrected chi connectivity index (χ0v) is 13.0. The van der Waals surface area contributed by atoms with E-state index in [1.807, 2.05) is 27.0 Å². The molecule has 0 saturated carbocycles. The molecule has 1 aromatic heterocycles. The van der Waals surface area contributed by atoms with Crippen molar-refractivity contribution in [3.63, 3.8) is 0 Å². The predicted molar refractivity (Wildman–Crippen MR) is 84.9 cm³/mol. The maximum absolute atomic E-state index is 5.67. The molecule has 0 unspecified atom stereocenters. The van der Waals surface area contributed by atoms with Gasteiger partial charge in [0, 0.05) is 11.4 Å². The second kappa shape index (κ2) is 7.31. The molecule has 1 N–H and O–H groups in total. The van der Waals surface area contributed by atoms with Crippen LogP contribution in [0.5, 0.6) is 11.5 Å². The van der Waals surface area contributed by atoms with E-state index < -0.39 is 0 Å². The van der Waals surface area contributed by atoms with E-state index in [9.17, 15) is 0 Å². The number of hydrogen-bond acceptors (Lipinski definition) is 4. The molecule has 4 heteroatoms. The number of ether oxygens (including phenoxy) is 2. The molecule has 0 saturated heterocycles. The third kappa shape index (κ3) is 3.52. The Balaban J connectivity index is 2.28. The molecule has 0 fully saturated rings. The number of hydrogen-bond donors (Lipinski definition) is 1. The summed E-state index contributed by atoms with van der Waals surface area (Å²) in [6.45, 7) is 6.15. The number of benzene rings is 1. The molecule has 0 bridgehead atoms. The van der Waals surface area contributed by atoms with Gasteiger partial charge in [-0.15, -0.1) is 11.3 Å². The van der Waals surface area contributed by atoms with Crippen LogP contribution in [0.15, 0.2) is 29.6 Å². The molecule has 0 aliphatic carbocycles. The molecule has 0 atom stereocenters. The van der Waals surface area contributed by atoms with Crippen molar-refractivity contribution < 1.29 is 9.47 Å². The van der Waals surface area contributed by atoms with E-state index in [0.29, 0.717) is 13.2 Å². The first-order valence-corrected chi connectivity index (χ1v) is 7.78. The molecule has 0 aliphatic heterocycles. The van der Waals surface area contributed by atoms with Gasteiger partial charge in [-0.2, -0.15) is 0 Å². The summed E-state index contributed by atoms with van der Waals surface area (Å²) in [5.74, 6) is 1.62. The first kappa shape index (κ1) is 14.9. The Kier molecular flexibility index (Phi) is 5.44. The van der Waals surface area contributed by atoms with Crippen molar-refractivity contribution in [2.75, 3.05) is 20.3 Å². The quantitative estimate of drug-likeness (QED) is 0.838. The van der Waals surface area contributed by atoms with Gasteiger partial charge in [0.15, 0.2) is 11.5 Å². The first-order valence-electron chi connectivity index (χ1n) is 6.90. The molecule has 0 aliphatic rings. The van der Waals surface area contributed by atoms with Gasteiger partial charge >= 0.3 is 0 Å². The molecular weight excluding hydrogens is 270 g/mol. The minimum Gasteiger partial charge on any atom is -0.490 e. The number of thiophene rings is 1. The van der Waals surface area contributed by atoms with Gasteiger partial charge in [0.1, 0.15) is 0 Å². The van der Waals surface area contributed by atoms with Gasteiger partial charge in [-0.3, -0.25) is 0 Å². The molecular formula is C16H21NO2S. The zero-order valence-electron chi connectivity index (χ0n) is 12.2. The fraction of sp³-hybridized carbons (Fsp3) is 0.375. The second-order valence-electron chi connectivity index (χ2n) is 4.36. The van der Waals surface area contributed by atoms with Crippen LogP contribution in [0.1, 0.15) is 18.7 Å². The van der Waals surface area contributed by atoms with Crippen LogP contribution in [0.2, 0.25) is 0 Å². The Morgan fingerprint density at radius 3 is 2.45 bits per heavy atom. The molecule has 0 spiro atoms. The normalized spacial score (nSPS) is 10.6. The molecule has 20 heavy (non-hydrogen) atoms. The van der Waals surface area contributed by atoms with E-state index in [1.54, 1.807) is 11.3 Å². The number of nitrogens with one attached hydrogen (secondary N) is 1. The predicted octanol–water partition coefficient (Wildman–Crippen LogP) is 3.93. The van der Waals surface area contributed by atoms with Crippen molar-refractivity contribution in [3.05, 3.63) is 34.5 Å². The highest BCUT2D eigenvalue weighted by Crippen LogP contribution is 2.34. The molecule has 0 radical (unpaired) electrons. The fourth-order valence-electron chi connectivity index (χ4n) is 2.03. The van der Waals surface area contributed by atoms with Crippen LogP contribution in [0, 0.1) is 0 Å². The van der Waals surface area contributed by atoms with Crippen LogP contribution in [-0.4, -0.2) is 20.3 Å². The lowest BCUT2D eigenvalue weighted by Crippen LogP contribution is -2.02. The van der Waals surface area contributed by atoms with E-state index in [2.05, 4.69) is 28.9 Å². The highest BCUT2D eigenvalue weighted by Gasteiger charge is 2.09. The van der Waals surface area contributed by atoms with Crippen molar-refractivity contribution in [3.8, 4) is 22.6 Å². The van der Waals surface area contributed by atoms with Crippen molar-refractivity contribution in [2.24, 2.45) is 0 Å². The highest BCUT2D eigenvalue weighted by atomic mass is 32.1. The Hall–Kier alpha value is -1.52. The lowest BCUT2D eigenvalue weighted by Gasteiger charge is -2.12. The SMILES string of the molecule is CCOc1ccc(-c2csc(CNC)c2)cc1OCC. The van der Waals surface area contributed by atoms with Crippen molar-refractivity contribution in [2.45, 2.75) is 20.4 Å². The third-order valence-electron chi connectivity index (χ3n) is 2.88. The van der Waals surface area contributed by atoms with Gasteiger partial charge in [0.05, 0.1) is 13.2 Å². The summed E-state index contributed by atoms with van der Waals surface area (Å²) in [4.78, 5) is 1.33. The molecule has 3 nitrogen and oxygen atoms in total. The summed E-state index contributed by atoms with van der Waals surface area (Å²) in [6, 6.07) is 8.34. The molecule has 2 rings (SSSR count).